The fourth-order valence-electron chi connectivity index (χ4n) is 3.52. The highest BCUT2D eigenvalue weighted by Gasteiger charge is 2.50. The standard InChI is InChI=1S/C17H23F3N4O2/c1-11-12(7-21-13(22-11)17(18,19)20)24-9-16(10-24)5-6-23(8-16)14(25)26-15(2,3)4/h7H,5-6,8-10H2,1-4H3. The number of aromatic nitrogens is 2. The molecule has 26 heavy (non-hydrogen) atoms. The maximum Gasteiger partial charge on any atom is 0.451 e. The van der Waals surface area contributed by atoms with Gasteiger partial charge in [-0.1, -0.05) is 0 Å². The number of rotatable bonds is 1. The first-order valence-corrected chi connectivity index (χ1v) is 8.52. The molecule has 0 N–H and O–H groups in total. The highest BCUT2D eigenvalue weighted by Crippen LogP contribution is 2.42. The topological polar surface area (TPSA) is 58.6 Å². The van der Waals surface area contributed by atoms with E-state index in [0.29, 0.717) is 37.6 Å². The van der Waals surface area contributed by atoms with E-state index in [0.717, 1.165) is 6.42 Å². The maximum atomic E-state index is 12.7. The first-order valence-electron chi connectivity index (χ1n) is 8.52. The fourth-order valence-corrected chi connectivity index (χ4v) is 3.52. The van der Waals surface area contributed by atoms with Gasteiger partial charge in [0.15, 0.2) is 0 Å². The van der Waals surface area contributed by atoms with Crippen LogP contribution in [0.1, 0.15) is 38.7 Å². The van der Waals surface area contributed by atoms with Gasteiger partial charge in [-0.2, -0.15) is 13.2 Å². The lowest BCUT2D eigenvalue weighted by Crippen LogP contribution is -2.58. The van der Waals surface area contributed by atoms with Crippen LogP contribution < -0.4 is 4.90 Å². The predicted octanol–water partition coefficient (Wildman–Crippen LogP) is 3.25. The molecule has 0 aliphatic carbocycles. The number of amides is 1. The van der Waals surface area contributed by atoms with Crippen molar-refractivity contribution in [1.29, 1.82) is 0 Å². The minimum Gasteiger partial charge on any atom is -0.444 e. The van der Waals surface area contributed by atoms with Gasteiger partial charge in [0, 0.05) is 31.6 Å². The summed E-state index contributed by atoms with van der Waals surface area (Å²) in [5, 5.41) is 0. The van der Waals surface area contributed by atoms with Gasteiger partial charge in [-0.05, 0) is 34.1 Å². The number of ether oxygens (including phenoxy) is 1. The zero-order chi connectivity index (χ0) is 19.3. The largest absolute Gasteiger partial charge is 0.451 e. The molecule has 1 aromatic heterocycles. The Labute approximate surface area is 150 Å². The number of carbonyl (C=O) groups excluding carboxylic acids is 1. The lowest BCUT2D eigenvalue weighted by molar-refractivity contribution is -0.145. The van der Waals surface area contributed by atoms with Crippen LogP contribution in [0.25, 0.3) is 0 Å². The van der Waals surface area contributed by atoms with Gasteiger partial charge in [-0.15, -0.1) is 0 Å². The number of anilines is 1. The molecular weight excluding hydrogens is 349 g/mol. The van der Waals surface area contributed by atoms with Gasteiger partial charge >= 0.3 is 12.3 Å². The highest BCUT2D eigenvalue weighted by molar-refractivity contribution is 5.69. The Bertz CT molecular complexity index is 709. The molecule has 1 spiro atoms. The Morgan fingerprint density at radius 1 is 1.23 bits per heavy atom. The van der Waals surface area contributed by atoms with Crippen LogP contribution >= 0.6 is 0 Å². The highest BCUT2D eigenvalue weighted by atomic mass is 19.4. The van der Waals surface area contributed by atoms with Gasteiger partial charge in [-0.25, -0.2) is 14.8 Å². The van der Waals surface area contributed by atoms with Gasteiger partial charge in [0.2, 0.25) is 5.82 Å². The molecule has 0 bridgehead atoms. The molecule has 3 heterocycles. The SMILES string of the molecule is Cc1nc(C(F)(F)F)ncc1N1CC2(CCN(C(=O)OC(C)(C)C)C2)C1. The Hall–Kier alpha value is -2.06. The Morgan fingerprint density at radius 3 is 2.42 bits per heavy atom. The van der Waals surface area contributed by atoms with Crippen molar-refractivity contribution in [2.24, 2.45) is 5.41 Å². The molecular formula is C17H23F3N4O2. The van der Waals surface area contributed by atoms with Gasteiger partial charge in [0.25, 0.3) is 0 Å². The van der Waals surface area contributed by atoms with Crippen molar-refractivity contribution in [3.8, 4) is 0 Å². The van der Waals surface area contributed by atoms with Crippen LogP contribution in [0, 0.1) is 12.3 Å². The quantitative estimate of drug-likeness (QED) is 0.757. The molecule has 0 atom stereocenters. The van der Waals surface area contributed by atoms with Crippen molar-refractivity contribution >= 4 is 11.8 Å². The van der Waals surface area contributed by atoms with Gasteiger partial charge < -0.3 is 14.5 Å². The first-order chi connectivity index (χ1) is 11.9. The molecule has 144 valence electrons. The summed E-state index contributed by atoms with van der Waals surface area (Å²) in [4.78, 5) is 22.9. The molecule has 0 radical (unpaired) electrons. The molecule has 0 saturated carbocycles. The van der Waals surface area contributed by atoms with Crippen LogP contribution in [-0.2, 0) is 10.9 Å². The number of aryl methyl sites for hydroxylation is 1. The summed E-state index contributed by atoms with van der Waals surface area (Å²) in [6, 6.07) is 0. The second-order valence-corrected chi connectivity index (χ2v) is 8.17. The van der Waals surface area contributed by atoms with Crippen LogP contribution in [0.2, 0.25) is 0 Å². The second kappa shape index (κ2) is 5.99. The number of alkyl halides is 3. The van der Waals surface area contributed by atoms with E-state index in [-0.39, 0.29) is 11.5 Å². The summed E-state index contributed by atoms with van der Waals surface area (Å²) >= 11 is 0. The van der Waals surface area contributed by atoms with E-state index in [9.17, 15) is 18.0 Å². The van der Waals surface area contributed by atoms with Crippen molar-refractivity contribution < 1.29 is 22.7 Å². The molecule has 1 amide bonds. The Balaban J connectivity index is 1.62. The van der Waals surface area contributed by atoms with Crippen molar-refractivity contribution in [3.05, 3.63) is 17.7 Å². The summed E-state index contributed by atoms with van der Waals surface area (Å²) in [5.74, 6) is -1.12. The van der Waals surface area contributed by atoms with Crippen LogP contribution in [0.15, 0.2) is 6.20 Å². The molecule has 6 nitrogen and oxygen atoms in total. The molecule has 2 saturated heterocycles. The fraction of sp³-hybridized carbons (Fsp3) is 0.706. The second-order valence-electron chi connectivity index (χ2n) is 8.17. The van der Waals surface area contributed by atoms with E-state index in [1.54, 1.807) is 11.8 Å². The van der Waals surface area contributed by atoms with Crippen molar-refractivity contribution in [2.75, 3.05) is 31.1 Å². The lowest BCUT2D eigenvalue weighted by Gasteiger charge is -2.49. The first kappa shape index (κ1) is 18.7. The molecule has 0 aromatic carbocycles. The van der Waals surface area contributed by atoms with Crippen molar-refractivity contribution in [3.63, 3.8) is 0 Å². The molecule has 0 unspecified atom stereocenters. The van der Waals surface area contributed by atoms with Gasteiger partial charge in [-0.3, -0.25) is 0 Å². The minimum absolute atomic E-state index is 0.0357. The van der Waals surface area contributed by atoms with Gasteiger partial charge in [0.1, 0.15) is 5.60 Å². The third kappa shape index (κ3) is 3.71. The normalized spacial score (nSPS) is 19.7. The number of hydrogen-bond acceptors (Lipinski definition) is 5. The Kier molecular flexibility index (Phi) is 4.31. The average molecular weight is 372 g/mol. The lowest BCUT2D eigenvalue weighted by atomic mass is 9.79. The summed E-state index contributed by atoms with van der Waals surface area (Å²) in [5.41, 5.74) is 0.350. The predicted molar refractivity (Wildman–Crippen MR) is 88.8 cm³/mol. The number of halogens is 3. The summed E-state index contributed by atoms with van der Waals surface area (Å²) in [6.07, 6.45) is -2.78. The van der Waals surface area contributed by atoms with Crippen LogP contribution in [0.4, 0.5) is 23.7 Å². The zero-order valence-electron chi connectivity index (χ0n) is 15.4. The number of nitrogens with zero attached hydrogens (tertiary/aromatic N) is 4. The van der Waals surface area contributed by atoms with E-state index in [1.165, 1.54) is 6.20 Å². The summed E-state index contributed by atoms with van der Waals surface area (Å²) < 4.78 is 43.5. The van der Waals surface area contributed by atoms with Crippen LogP contribution in [0.3, 0.4) is 0 Å². The summed E-state index contributed by atoms with van der Waals surface area (Å²) in [7, 11) is 0. The van der Waals surface area contributed by atoms with E-state index >= 15 is 0 Å². The zero-order valence-corrected chi connectivity index (χ0v) is 15.4. The molecule has 2 aliphatic rings. The molecule has 1 aromatic rings. The third-order valence-corrected chi connectivity index (χ3v) is 4.69. The van der Waals surface area contributed by atoms with Gasteiger partial charge in [0.05, 0.1) is 17.6 Å². The maximum absolute atomic E-state index is 12.7. The smallest absolute Gasteiger partial charge is 0.444 e. The molecule has 9 heteroatoms. The van der Waals surface area contributed by atoms with E-state index in [2.05, 4.69) is 9.97 Å². The number of carbonyl (C=O) groups is 1. The molecule has 2 fully saturated rings. The monoisotopic (exact) mass is 372 g/mol. The number of likely N-dealkylation sites (tertiary alicyclic amines) is 1. The Morgan fingerprint density at radius 2 is 1.88 bits per heavy atom. The van der Waals surface area contributed by atoms with E-state index in [1.807, 2.05) is 25.7 Å². The van der Waals surface area contributed by atoms with Crippen LogP contribution in [0.5, 0.6) is 0 Å². The number of hydrogen-bond donors (Lipinski definition) is 0. The minimum atomic E-state index is -4.54. The van der Waals surface area contributed by atoms with Crippen molar-refractivity contribution in [2.45, 2.75) is 45.9 Å². The molecule has 2 aliphatic heterocycles. The van der Waals surface area contributed by atoms with Crippen LogP contribution in [-0.4, -0.2) is 52.7 Å². The summed E-state index contributed by atoms with van der Waals surface area (Å²) in [6.45, 7) is 9.60. The average Bonchev–Trinajstić information content (AvgIpc) is 2.88. The van der Waals surface area contributed by atoms with Crippen molar-refractivity contribution in [1.82, 2.24) is 14.9 Å². The third-order valence-electron chi connectivity index (χ3n) is 4.69. The molecule has 3 rings (SSSR count). The van der Waals surface area contributed by atoms with E-state index < -0.39 is 17.6 Å². The van der Waals surface area contributed by atoms with E-state index in [4.69, 9.17) is 4.74 Å².